The number of pyridine rings is 1. The Labute approximate surface area is 102 Å². The van der Waals surface area contributed by atoms with E-state index in [9.17, 15) is 14.0 Å². The minimum absolute atomic E-state index is 0.0316. The van der Waals surface area contributed by atoms with Crippen LogP contribution in [0.5, 0.6) is 0 Å². The summed E-state index contributed by atoms with van der Waals surface area (Å²) in [5.41, 5.74) is 0.0843. The average Bonchev–Trinajstić information content (AvgIpc) is 2.39. The van der Waals surface area contributed by atoms with Crippen molar-refractivity contribution in [3.63, 3.8) is 0 Å². The summed E-state index contributed by atoms with van der Waals surface area (Å²) in [6.07, 6.45) is 2.45. The number of aromatic nitrogens is 1. The Morgan fingerprint density at radius 2 is 1.72 bits per heavy atom. The van der Waals surface area contributed by atoms with Gasteiger partial charge in [0.2, 0.25) is 0 Å². The number of carbonyl (C=O) groups is 2. The lowest BCUT2D eigenvalue weighted by molar-refractivity contribution is 0.0692. The summed E-state index contributed by atoms with van der Waals surface area (Å²) < 4.78 is 12.7. The molecule has 0 aliphatic rings. The zero-order valence-electron chi connectivity index (χ0n) is 9.13. The first-order valence-corrected chi connectivity index (χ1v) is 5.07. The molecule has 1 heterocycles. The van der Waals surface area contributed by atoms with Crippen molar-refractivity contribution in [2.24, 2.45) is 0 Å². The molecule has 0 aliphatic heterocycles. The van der Waals surface area contributed by atoms with Gasteiger partial charge >= 0.3 is 5.97 Å². The molecule has 0 bridgehead atoms. The number of rotatable bonds is 3. The maximum atomic E-state index is 12.7. The summed E-state index contributed by atoms with van der Waals surface area (Å²) in [6, 6.07) is 6.24. The van der Waals surface area contributed by atoms with Crippen LogP contribution in [-0.2, 0) is 0 Å². The molecule has 5 heteroatoms. The number of ketones is 1. The highest BCUT2D eigenvalue weighted by Crippen LogP contribution is 2.14. The van der Waals surface area contributed by atoms with Crippen LogP contribution < -0.4 is 0 Å². The number of carboxylic acid groups (broad SMARTS) is 1. The largest absolute Gasteiger partial charge is 0.478 e. The number of aromatic carboxylic acids is 1. The lowest BCUT2D eigenvalue weighted by atomic mass is 10.0. The number of carboxylic acids is 1. The molecule has 1 N–H and O–H groups in total. The van der Waals surface area contributed by atoms with Crippen LogP contribution in [0.15, 0.2) is 42.7 Å². The molecule has 0 unspecified atom stereocenters. The number of nitrogens with zero attached hydrogens (tertiary/aromatic N) is 1. The van der Waals surface area contributed by atoms with Crippen molar-refractivity contribution in [3.8, 4) is 0 Å². The summed E-state index contributed by atoms with van der Waals surface area (Å²) in [5.74, 6) is -2.16. The number of hydrogen-bond acceptors (Lipinski definition) is 3. The van der Waals surface area contributed by atoms with E-state index in [0.29, 0.717) is 0 Å². The second kappa shape index (κ2) is 4.75. The summed E-state index contributed by atoms with van der Waals surface area (Å²) in [5, 5.41) is 8.95. The Hall–Kier alpha value is -2.56. The van der Waals surface area contributed by atoms with E-state index in [1.807, 2.05) is 0 Å². The Kier molecular flexibility index (Phi) is 3.14. The average molecular weight is 245 g/mol. The zero-order valence-corrected chi connectivity index (χ0v) is 9.13. The number of hydrogen-bond donors (Lipinski definition) is 1. The second-order valence-corrected chi connectivity index (χ2v) is 3.56. The van der Waals surface area contributed by atoms with Crippen LogP contribution in [0.1, 0.15) is 26.3 Å². The highest BCUT2D eigenvalue weighted by molar-refractivity contribution is 6.14. The Morgan fingerprint density at radius 3 is 2.33 bits per heavy atom. The predicted octanol–water partition coefficient (Wildman–Crippen LogP) is 2.15. The fourth-order valence-electron chi connectivity index (χ4n) is 1.52. The van der Waals surface area contributed by atoms with Crippen molar-refractivity contribution in [1.29, 1.82) is 0 Å². The molecule has 4 nitrogen and oxygen atoms in total. The maximum Gasteiger partial charge on any atom is 0.338 e. The van der Waals surface area contributed by atoms with Crippen molar-refractivity contribution in [1.82, 2.24) is 4.98 Å². The number of halogens is 1. The number of benzene rings is 1. The smallest absolute Gasteiger partial charge is 0.338 e. The van der Waals surface area contributed by atoms with Gasteiger partial charge in [0, 0.05) is 23.5 Å². The lowest BCUT2D eigenvalue weighted by Crippen LogP contribution is -2.10. The van der Waals surface area contributed by atoms with Crippen LogP contribution in [0.25, 0.3) is 0 Å². The third-order valence-electron chi connectivity index (χ3n) is 2.40. The molecule has 0 saturated heterocycles. The van der Waals surface area contributed by atoms with E-state index >= 15 is 0 Å². The first-order chi connectivity index (χ1) is 8.59. The van der Waals surface area contributed by atoms with Gasteiger partial charge in [-0.25, -0.2) is 9.18 Å². The lowest BCUT2D eigenvalue weighted by Gasteiger charge is -2.04. The molecule has 2 aromatic rings. The van der Waals surface area contributed by atoms with Crippen LogP contribution >= 0.6 is 0 Å². The zero-order chi connectivity index (χ0) is 13.1. The summed E-state index contributed by atoms with van der Waals surface area (Å²) in [4.78, 5) is 26.7. The molecular formula is C13H8FNO3. The van der Waals surface area contributed by atoms with Gasteiger partial charge in [-0.1, -0.05) is 0 Å². The van der Waals surface area contributed by atoms with Gasteiger partial charge in [0.1, 0.15) is 5.82 Å². The molecule has 90 valence electrons. The SMILES string of the molecule is O=C(O)c1cnccc1C(=O)c1ccc(F)cc1. The normalized spacial score (nSPS) is 10.1. The summed E-state index contributed by atoms with van der Waals surface area (Å²) >= 11 is 0. The molecule has 0 fully saturated rings. The monoisotopic (exact) mass is 245 g/mol. The van der Waals surface area contributed by atoms with Gasteiger partial charge in [0.25, 0.3) is 0 Å². The Morgan fingerprint density at radius 1 is 1.06 bits per heavy atom. The first kappa shape index (κ1) is 11.9. The molecule has 1 aromatic carbocycles. The highest BCUT2D eigenvalue weighted by Gasteiger charge is 2.17. The van der Waals surface area contributed by atoms with E-state index in [1.54, 1.807) is 0 Å². The van der Waals surface area contributed by atoms with Crippen molar-refractivity contribution >= 4 is 11.8 Å². The van der Waals surface area contributed by atoms with Crippen LogP contribution in [0.2, 0.25) is 0 Å². The minimum atomic E-state index is -1.23. The summed E-state index contributed by atoms with van der Waals surface area (Å²) in [7, 11) is 0. The highest BCUT2D eigenvalue weighted by atomic mass is 19.1. The molecule has 1 aromatic heterocycles. The molecule has 0 radical (unpaired) electrons. The van der Waals surface area contributed by atoms with Gasteiger partial charge < -0.3 is 5.11 Å². The molecule has 0 amide bonds. The third-order valence-corrected chi connectivity index (χ3v) is 2.40. The van der Waals surface area contributed by atoms with Crippen LogP contribution in [0.3, 0.4) is 0 Å². The topological polar surface area (TPSA) is 67.3 Å². The van der Waals surface area contributed by atoms with Gasteiger partial charge in [-0.15, -0.1) is 0 Å². The van der Waals surface area contributed by atoms with Crippen molar-refractivity contribution in [2.75, 3.05) is 0 Å². The summed E-state index contributed by atoms with van der Waals surface area (Å²) in [6.45, 7) is 0. The van der Waals surface area contributed by atoms with Crippen LogP contribution in [-0.4, -0.2) is 21.8 Å². The number of carbonyl (C=O) groups excluding carboxylic acids is 1. The van der Waals surface area contributed by atoms with Crippen molar-refractivity contribution in [2.45, 2.75) is 0 Å². The molecule has 0 atom stereocenters. The van der Waals surface area contributed by atoms with E-state index in [-0.39, 0.29) is 16.7 Å². The van der Waals surface area contributed by atoms with Crippen LogP contribution in [0.4, 0.5) is 4.39 Å². The maximum absolute atomic E-state index is 12.7. The molecule has 2 rings (SSSR count). The van der Waals surface area contributed by atoms with E-state index in [1.165, 1.54) is 24.4 Å². The van der Waals surface area contributed by atoms with Gasteiger partial charge in [0.15, 0.2) is 5.78 Å². The Bertz CT molecular complexity index is 608. The van der Waals surface area contributed by atoms with Gasteiger partial charge in [-0.3, -0.25) is 9.78 Å². The molecule has 0 spiro atoms. The predicted molar refractivity (Wildman–Crippen MR) is 61.0 cm³/mol. The third kappa shape index (κ3) is 2.24. The van der Waals surface area contributed by atoms with E-state index in [0.717, 1.165) is 18.3 Å². The van der Waals surface area contributed by atoms with E-state index < -0.39 is 17.6 Å². The first-order valence-electron chi connectivity index (χ1n) is 5.07. The van der Waals surface area contributed by atoms with Gasteiger partial charge in [0.05, 0.1) is 5.56 Å². The van der Waals surface area contributed by atoms with Crippen molar-refractivity contribution in [3.05, 3.63) is 65.2 Å². The molecule has 0 aliphatic carbocycles. The quantitative estimate of drug-likeness (QED) is 0.841. The minimum Gasteiger partial charge on any atom is -0.478 e. The second-order valence-electron chi connectivity index (χ2n) is 3.56. The fraction of sp³-hybridized carbons (Fsp3) is 0. The van der Waals surface area contributed by atoms with Crippen molar-refractivity contribution < 1.29 is 19.1 Å². The molecule has 18 heavy (non-hydrogen) atoms. The Balaban J connectivity index is 2.46. The molecule has 0 saturated carbocycles. The van der Waals surface area contributed by atoms with E-state index in [2.05, 4.69) is 4.98 Å². The van der Waals surface area contributed by atoms with E-state index in [4.69, 9.17) is 5.11 Å². The van der Waals surface area contributed by atoms with Crippen LogP contribution in [0, 0.1) is 5.82 Å². The van der Waals surface area contributed by atoms with Gasteiger partial charge in [-0.2, -0.15) is 0 Å². The standard InChI is InChI=1S/C13H8FNO3/c14-9-3-1-8(2-4-9)12(16)10-5-6-15-7-11(10)13(17)18/h1-7H,(H,17,18). The van der Waals surface area contributed by atoms with Gasteiger partial charge in [-0.05, 0) is 30.3 Å². The fourth-order valence-corrected chi connectivity index (χ4v) is 1.52. The molecular weight excluding hydrogens is 237 g/mol.